The fraction of sp³-hybridized carbons (Fsp3) is 0.611. The molecule has 2 heterocycles. The molecular weight excluding hydrogens is 328 g/mol. The zero-order valence-electron chi connectivity index (χ0n) is 13.5. The monoisotopic (exact) mass is 352 g/mol. The topological polar surface area (TPSA) is 23.6 Å². The van der Waals surface area contributed by atoms with Gasteiger partial charge in [-0.3, -0.25) is 4.79 Å². The minimum absolute atomic E-state index is 0.263. The molecule has 0 spiro atoms. The van der Waals surface area contributed by atoms with Crippen LogP contribution in [0.5, 0.6) is 0 Å². The molecule has 1 amide bonds. The summed E-state index contributed by atoms with van der Waals surface area (Å²) >= 11 is 7.93. The van der Waals surface area contributed by atoms with Crippen molar-refractivity contribution in [3.05, 3.63) is 34.9 Å². The van der Waals surface area contributed by atoms with Crippen molar-refractivity contribution in [2.75, 3.05) is 37.7 Å². The molecule has 1 aromatic rings. The third-order valence-electron chi connectivity index (χ3n) is 4.70. The minimum atomic E-state index is 0.263. The van der Waals surface area contributed by atoms with Gasteiger partial charge in [-0.1, -0.05) is 23.7 Å². The summed E-state index contributed by atoms with van der Waals surface area (Å²) in [7, 11) is 0. The van der Waals surface area contributed by atoms with E-state index in [0.717, 1.165) is 35.8 Å². The Balaban J connectivity index is 1.65. The van der Waals surface area contributed by atoms with Crippen LogP contribution in [0.25, 0.3) is 0 Å². The first-order valence-corrected chi connectivity index (χ1v) is 10.1. The standard InChI is InChI=1S/C18H25ClN2OS/c19-16-6-4-15(5-7-16)12-18(22)21-10-3-11-23-14-17(21)13-20-8-1-2-9-20/h4-7,17H,1-3,8-14H2. The highest BCUT2D eigenvalue weighted by atomic mass is 35.5. The number of thioether (sulfide) groups is 1. The van der Waals surface area contributed by atoms with E-state index < -0.39 is 0 Å². The van der Waals surface area contributed by atoms with Crippen LogP contribution < -0.4 is 0 Å². The summed E-state index contributed by atoms with van der Waals surface area (Å²) in [6.45, 7) is 4.33. The van der Waals surface area contributed by atoms with Gasteiger partial charge < -0.3 is 9.80 Å². The third kappa shape index (κ3) is 4.88. The predicted octanol–water partition coefficient (Wildman–Crippen LogP) is 3.31. The zero-order chi connectivity index (χ0) is 16.1. The van der Waals surface area contributed by atoms with Crippen molar-refractivity contribution >= 4 is 29.3 Å². The van der Waals surface area contributed by atoms with E-state index in [0.29, 0.717) is 12.5 Å². The van der Waals surface area contributed by atoms with Crippen LogP contribution in [0.4, 0.5) is 0 Å². The zero-order valence-corrected chi connectivity index (χ0v) is 15.1. The lowest BCUT2D eigenvalue weighted by atomic mass is 10.1. The van der Waals surface area contributed by atoms with E-state index in [9.17, 15) is 4.79 Å². The molecular formula is C18H25ClN2OS. The Morgan fingerprint density at radius 1 is 1.13 bits per heavy atom. The molecule has 0 bridgehead atoms. The van der Waals surface area contributed by atoms with Crippen LogP contribution in [0.15, 0.2) is 24.3 Å². The molecule has 1 atom stereocenters. The molecule has 5 heteroatoms. The molecule has 1 unspecified atom stereocenters. The van der Waals surface area contributed by atoms with Crippen molar-refractivity contribution < 1.29 is 4.79 Å². The Hall–Kier alpha value is -0.710. The number of hydrogen-bond donors (Lipinski definition) is 0. The predicted molar refractivity (Wildman–Crippen MR) is 98.3 cm³/mol. The lowest BCUT2D eigenvalue weighted by molar-refractivity contribution is -0.132. The molecule has 0 N–H and O–H groups in total. The van der Waals surface area contributed by atoms with Gasteiger partial charge in [-0.25, -0.2) is 0 Å². The number of nitrogens with zero attached hydrogens (tertiary/aromatic N) is 2. The number of carbonyl (C=O) groups excluding carboxylic acids is 1. The molecule has 2 aliphatic heterocycles. The summed E-state index contributed by atoms with van der Waals surface area (Å²) in [5.41, 5.74) is 1.05. The average molecular weight is 353 g/mol. The second-order valence-electron chi connectivity index (χ2n) is 6.48. The van der Waals surface area contributed by atoms with Gasteiger partial charge in [0.2, 0.25) is 5.91 Å². The smallest absolute Gasteiger partial charge is 0.227 e. The Bertz CT molecular complexity index is 516. The van der Waals surface area contributed by atoms with Gasteiger partial charge in [-0.05, 0) is 55.8 Å². The molecule has 126 valence electrons. The van der Waals surface area contributed by atoms with Crippen LogP contribution in [-0.4, -0.2) is 59.4 Å². The van der Waals surface area contributed by atoms with Gasteiger partial charge in [0.25, 0.3) is 0 Å². The van der Waals surface area contributed by atoms with Crippen LogP contribution in [0.2, 0.25) is 5.02 Å². The van der Waals surface area contributed by atoms with Crippen molar-refractivity contribution in [1.82, 2.24) is 9.80 Å². The molecule has 0 radical (unpaired) electrons. The van der Waals surface area contributed by atoms with Crippen molar-refractivity contribution in [3.8, 4) is 0 Å². The second-order valence-corrected chi connectivity index (χ2v) is 8.07. The maximum atomic E-state index is 12.9. The minimum Gasteiger partial charge on any atom is -0.337 e. The largest absolute Gasteiger partial charge is 0.337 e. The number of amides is 1. The third-order valence-corrected chi connectivity index (χ3v) is 6.15. The van der Waals surface area contributed by atoms with Crippen molar-refractivity contribution in [3.63, 3.8) is 0 Å². The number of rotatable bonds is 4. The summed E-state index contributed by atoms with van der Waals surface area (Å²) in [6, 6.07) is 8.01. The maximum absolute atomic E-state index is 12.9. The van der Waals surface area contributed by atoms with Crippen molar-refractivity contribution in [1.29, 1.82) is 0 Å². The second kappa shape index (κ2) is 8.41. The summed E-state index contributed by atoms with van der Waals surface area (Å²) < 4.78 is 0. The van der Waals surface area contributed by atoms with E-state index in [2.05, 4.69) is 9.80 Å². The highest BCUT2D eigenvalue weighted by Gasteiger charge is 2.28. The highest BCUT2D eigenvalue weighted by molar-refractivity contribution is 7.99. The van der Waals surface area contributed by atoms with E-state index in [-0.39, 0.29) is 5.91 Å². The van der Waals surface area contributed by atoms with Gasteiger partial charge in [0.05, 0.1) is 12.5 Å². The number of carbonyl (C=O) groups is 1. The summed E-state index contributed by atoms with van der Waals surface area (Å²) in [5.74, 6) is 2.50. The lowest BCUT2D eigenvalue weighted by Gasteiger charge is -2.33. The van der Waals surface area contributed by atoms with Gasteiger partial charge in [-0.2, -0.15) is 11.8 Å². The van der Waals surface area contributed by atoms with Crippen LogP contribution in [0, 0.1) is 0 Å². The molecule has 2 saturated heterocycles. The van der Waals surface area contributed by atoms with Crippen molar-refractivity contribution in [2.45, 2.75) is 31.7 Å². The number of likely N-dealkylation sites (tertiary alicyclic amines) is 1. The van der Waals surface area contributed by atoms with Crippen LogP contribution in [0.3, 0.4) is 0 Å². The Kier molecular flexibility index (Phi) is 6.26. The molecule has 0 aliphatic carbocycles. The van der Waals surface area contributed by atoms with E-state index in [1.807, 2.05) is 36.0 Å². The molecule has 1 aromatic carbocycles. The van der Waals surface area contributed by atoms with E-state index >= 15 is 0 Å². The van der Waals surface area contributed by atoms with Gasteiger partial charge in [0.15, 0.2) is 0 Å². The molecule has 2 aliphatic rings. The Morgan fingerprint density at radius 2 is 1.87 bits per heavy atom. The van der Waals surface area contributed by atoms with E-state index in [1.165, 1.54) is 31.7 Å². The number of benzene rings is 1. The first-order chi connectivity index (χ1) is 11.2. The molecule has 0 aromatic heterocycles. The van der Waals surface area contributed by atoms with Crippen molar-refractivity contribution in [2.24, 2.45) is 0 Å². The van der Waals surface area contributed by atoms with Crippen LogP contribution in [0.1, 0.15) is 24.8 Å². The Morgan fingerprint density at radius 3 is 2.61 bits per heavy atom. The highest BCUT2D eigenvalue weighted by Crippen LogP contribution is 2.20. The summed E-state index contributed by atoms with van der Waals surface area (Å²) in [4.78, 5) is 17.5. The van der Waals surface area contributed by atoms with Gasteiger partial charge in [0.1, 0.15) is 0 Å². The molecule has 23 heavy (non-hydrogen) atoms. The Labute approximate surface area is 148 Å². The maximum Gasteiger partial charge on any atom is 0.227 e. The fourth-order valence-electron chi connectivity index (χ4n) is 3.45. The van der Waals surface area contributed by atoms with Crippen LogP contribution in [-0.2, 0) is 11.2 Å². The molecule has 3 rings (SSSR count). The molecule has 0 saturated carbocycles. The van der Waals surface area contributed by atoms with E-state index in [4.69, 9.17) is 11.6 Å². The molecule has 3 nitrogen and oxygen atoms in total. The first kappa shape index (κ1) is 17.1. The van der Waals surface area contributed by atoms with Crippen LogP contribution >= 0.6 is 23.4 Å². The fourth-order valence-corrected chi connectivity index (χ4v) is 4.63. The lowest BCUT2D eigenvalue weighted by Crippen LogP contribution is -2.48. The van der Waals surface area contributed by atoms with Gasteiger partial charge >= 0.3 is 0 Å². The van der Waals surface area contributed by atoms with E-state index in [1.54, 1.807) is 0 Å². The normalized spacial score (nSPS) is 23.0. The average Bonchev–Trinajstić information content (AvgIpc) is 2.94. The molecule has 2 fully saturated rings. The number of halogens is 1. The summed E-state index contributed by atoms with van der Waals surface area (Å²) in [5, 5.41) is 0.722. The quantitative estimate of drug-likeness (QED) is 0.830. The van der Waals surface area contributed by atoms with Gasteiger partial charge in [-0.15, -0.1) is 0 Å². The van der Waals surface area contributed by atoms with Gasteiger partial charge in [0, 0.05) is 23.9 Å². The summed E-state index contributed by atoms with van der Waals surface area (Å²) in [6.07, 6.45) is 4.20. The first-order valence-electron chi connectivity index (χ1n) is 8.56. The number of hydrogen-bond acceptors (Lipinski definition) is 3. The SMILES string of the molecule is O=C(Cc1ccc(Cl)cc1)N1CCCSCC1CN1CCCC1.